The summed E-state index contributed by atoms with van der Waals surface area (Å²) in [6.07, 6.45) is -0.385. The van der Waals surface area contributed by atoms with Crippen molar-refractivity contribution in [2.24, 2.45) is 5.73 Å². The molecule has 74 valence electrons. The number of hydrogen-bond acceptors (Lipinski definition) is 3. The zero-order chi connectivity index (χ0) is 9.90. The molecule has 0 saturated carbocycles. The standard InChI is InChI=1S/C7H13N3O3/c8-5(11)7(10-6(12)13)1-3-9-4-2-7/h9-10H,1-4H2,(H2,8,11)(H,12,13). The first-order valence-corrected chi connectivity index (χ1v) is 4.08. The number of carboxylic acid groups (broad SMARTS) is 1. The van der Waals surface area contributed by atoms with Gasteiger partial charge in [-0.2, -0.15) is 0 Å². The van der Waals surface area contributed by atoms with Crippen LogP contribution in [0.25, 0.3) is 0 Å². The molecule has 6 heteroatoms. The minimum Gasteiger partial charge on any atom is -0.465 e. The number of primary amides is 1. The third-order valence-electron chi connectivity index (χ3n) is 2.27. The largest absolute Gasteiger partial charge is 0.465 e. The monoisotopic (exact) mass is 187 g/mol. The Morgan fingerprint density at radius 3 is 2.31 bits per heavy atom. The maximum Gasteiger partial charge on any atom is 0.405 e. The molecule has 1 fully saturated rings. The van der Waals surface area contributed by atoms with Gasteiger partial charge < -0.3 is 21.5 Å². The molecule has 6 nitrogen and oxygen atoms in total. The van der Waals surface area contributed by atoms with E-state index in [4.69, 9.17) is 10.8 Å². The van der Waals surface area contributed by atoms with Crippen LogP contribution in [0.3, 0.4) is 0 Å². The van der Waals surface area contributed by atoms with Crippen LogP contribution in [0.4, 0.5) is 4.79 Å². The van der Waals surface area contributed by atoms with E-state index < -0.39 is 17.5 Å². The van der Waals surface area contributed by atoms with Crippen molar-refractivity contribution < 1.29 is 14.7 Å². The molecule has 0 unspecified atom stereocenters. The van der Waals surface area contributed by atoms with E-state index in [1.54, 1.807) is 0 Å². The van der Waals surface area contributed by atoms with Crippen molar-refractivity contribution in [1.29, 1.82) is 0 Å². The van der Waals surface area contributed by atoms with Gasteiger partial charge in [0.2, 0.25) is 5.91 Å². The predicted octanol–water partition coefficient (Wildman–Crippen LogP) is -1.14. The van der Waals surface area contributed by atoms with Gasteiger partial charge in [-0.15, -0.1) is 0 Å². The summed E-state index contributed by atoms with van der Waals surface area (Å²) in [5.41, 5.74) is 4.09. The van der Waals surface area contributed by atoms with Crippen LogP contribution in [0.5, 0.6) is 0 Å². The third kappa shape index (κ3) is 2.09. The Hall–Kier alpha value is -1.30. The van der Waals surface area contributed by atoms with Gasteiger partial charge in [-0.1, -0.05) is 0 Å². The second-order valence-electron chi connectivity index (χ2n) is 3.13. The molecule has 13 heavy (non-hydrogen) atoms. The SMILES string of the molecule is NC(=O)C1(NC(=O)O)CCNCC1. The lowest BCUT2D eigenvalue weighted by molar-refractivity contribution is -0.125. The zero-order valence-corrected chi connectivity index (χ0v) is 7.17. The third-order valence-corrected chi connectivity index (χ3v) is 2.27. The number of nitrogens with one attached hydrogen (secondary N) is 2. The highest BCUT2D eigenvalue weighted by Gasteiger charge is 2.39. The molecule has 1 aliphatic rings. The van der Waals surface area contributed by atoms with Crippen molar-refractivity contribution in [3.8, 4) is 0 Å². The number of hydrogen-bond donors (Lipinski definition) is 4. The number of carbonyl (C=O) groups excluding carboxylic acids is 1. The molecule has 5 N–H and O–H groups in total. The van der Waals surface area contributed by atoms with E-state index in [2.05, 4.69) is 10.6 Å². The van der Waals surface area contributed by atoms with Gasteiger partial charge >= 0.3 is 6.09 Å². The fraction of sp³-hybridized carbons (Fsp3) is 0.714. The number of piperidine rings is 1. The van der Waals surface area contributed by atoms with Crippen LogP contribution in [0, 0.1) is 0 Å². The van der Waals surface area contributed by atoms with Crippen molar-refractivity contribution >= 4 is 12.0 Å². The average molecular weight is 187 g/mol. The van der Waals surface area contributed by atoms with Gasteiger partial charge in [0.15, 0.2) is 0 Å². The molecular formula is C7H13N3O3. The van der Waals surface area contributed by atoms with Gasteiger partial charge in [0.05, 0.1) is 0 Å². The van der Waals surface area contributed by atoms with E-state index >= 15 is 0 Å². The van der Waals surface area contributed by atoms with Crippen LogP contribution >= 0.6 is 0 Å². The highest BCUT2D eigenvalue weighted by molar-refractivity contribution is 5.88. The molecule has 0 aromatic rings. The molecule has 0 aliphatic carbocycles. The predicted molar refractivity (Wildman–Crippen MR) is 45.2 cm³/mol. The Morgan fingerprint density at radius 2 is 1.92 bits per heavy atom. The summed E-state index contributed by atoms with van der Waals surface area (Å²) in [6.45, 7) is 1.20. The van der Waals surface area contributed by atoms with E-state index in [0.717, 1.165) is 0 Å². The maximum absolute atomic E-state index is 11.1. The van der Waals surface area contributed by atoms with Gasteiger partial charge in [-0.3, -0.25) is 4.79 Å². The molecule has 0 aromatic heterocycles. The van der Waals surface area contributed by atoms with Gasteiger partial charge in [0.25, 0.3) is 0 Å². The van der Waals surface area contributed by atoms with Crippen molar-refractivity contribution in [3.05, 3.63) is 0 Å². The van der Waals surface area contributed by atoms with E-state index in [1.165, 1.54) is 0 Å². The van der Waals surface area contributed by atoms with Crippen molar-refractivity contribution in [1.82, 2.24) is 10.6 Å². The summed E-state index contributed by atoms with van der Waals surface area (Å²) in [7, 11) is 0. The number of nitrogens with two attached hydrogens (primary N) is 1. The first kappa shape index (κ1) is 9.79. The fourth-order valence-electron chi connectivity index (χ4n) is 1.49. The summed E-state index contributed by atoms with van der Waals surface area (Å²) in [5, 5.41) is 13.8. The van der Waals surface area contributed by atoms with E-state index in [1.807, 2.05) is 0 Å². The minimum atomic E-state index is -1.21. The van der Waals surface area contributed by atoms with E-state index in [-0.39, 0.29) is 0 Å². The second-order valence-corrected chi connectivity index (χ2v) is 3.13. The highest BCUT2D eigenvalue weighted by Crippen LogP contribution is 2.17. The normalized spacial score (nSPS) is 20.6. The van der Waals surface area contributed by atoms with Crippen LogP contribution in [-0.4, -0.2) is 35.7 Å². The Balaban J connectivity index is 2.73. The first-order chi connectivity index (χ1) is 6.07. The minimum absolute atomic E-state index is 0.411. The molecule has 0 atom stereocenters. The Morgan fingerprint density at radius 1 is 1.38 bits per heavy atom. The summed E-state index contributed by atoms with van der Waals surface area (Å²) < 4.78 is 0. The quantitative estimate of drug-likeness (QED) is 0.438. The van der Waals surface area contributed by atoms with Crippen LogP contribution in [0.1, 0.15) is 12.8 Å². The van der Waals surface area contributed by atoms with Gasteiger partial charge in [-0.05, 0) is 25.9 Å². The summed E-state index contributed by atoms with van der Waals surface area (Å²) >= 11 is 0. The van der Waals surface area contributed by atoms with Crippen LogP contribution in [0.15, 0.2) is 0 Å². The van der Waals surface area contributed by atoms with Crippen molar-refractivity contribution in [2.75, 3.05) is 13.1 Å². The summed E-state index contributed by atoms with van der Waals surface area (Å²) in [5.74, 6) is -0.601. The lowest BCUT2D eigenvalue weighted by Crippen LogP contribution is -2.61. The van der Waals surface area contributed by atoms with E-state index in [9.17, 15) is 9.59 Å². The number of amides is 2. The first-order valence-electron chi connectivity index (χ1n) is 4.08. The average Bonchev–Trinajstić information content (AvgIpc) is 2.04. The Bertz CT molecular complexity index is 223. The van der Waals surface area contributed by atoms with Gasteiger partial charge in [-0.25, -0.2) is 4.79 Å². The molecule has 0 bridgehead atoms. The summed E-state index contributed by atoms with van der Waals surface area (Å²) in [4.78, 5) is 21.5. The molecule has 0 aromatic carbocycles. The van der Waals surface area contributed by atoms with E-state index in [0.29, 0.717) is 25.9 Å². The van der Waals surface area contributed by atoms with Crippen molar-refractivity contribution in [2.45, 2.75) is 18.4 Å². The molecule has 1 aliphatic heterocycles. The molecule has 1 saturated heterocycles. The second kappa shape index (κ2) is 3.61. The molecule has 2 amide bonds. The van der Waals surface area contributed by atoms with Gasteiger partial charge in [0.1, 0.15) is 5.54 Å². The van der Waals surface area contributed by atoms with Crippen LogP contribution in [-0.2, 0) is 4.79 Å². The molecule has 0 spiro atoms. The molecular weight excluding hydrogens is 174 g/mol. The Labute approximate surface area is 75.5 Å². The number of rotatable bonds is 2. The van der Waals surface area contributed by atoms with Crippen molar-refractivity contribution in [3.63, 3.8) is 0 Å². The molecule has 0 radical (unpaired) electrons. The summed E-state index contributed by atoms with van der Waals surface area (Å²) in [6, 6.07) is 0. The molecule has 1 heterocycles. The smallest absolute Gasteiger partial charge is 0.405 e. The van der Waals surface area contributed by atoms with Gasteiger partial charge in [0, 0.05) is 0 Å². The lowest BCUT2D eigenvalue weighted by atomic mass is 9.88. The lowest BCUT2D eigenvalue weighted by Gasteiger charge is -2.34. The Kier molecular flexibility index (Phi) is 2.72. The number of carbonyl (C=O) groups is 2. The van der Waals surface area contributed by atoms with Crippen LogP contribution < -0.4 is 16.4 Å². The fourth-order valence-corrected chi connectivity index (χ4v) is 1.49. The van der Waals surface area contributed by atoms with Crippen LogP contribution in [0.2, 0.25) is 0 Å². The zero-order valence-electron chi connectivity index (χ0n) is 7.17. The maximum atomic E-state index is 11.1. The highest BCUT2D eigenvalue weighted by atomic mass is 16.4. The molecule has 1 rings (SSSR count). The topological polar surface area (TPSA) is 104 Å².